The first kappa shape index (κ1) is 27.0. The second-order valence-corrected chi connectivity index (χ2v) is 10.4. The van der Waals surface area contributed by atoms with Gasteiger partial charge in [0.1, 0.15) is 18.3 Å². The number of epoxide rings is 1. The average Bonchev–Trinajstić information content (AvgIpc) is 3.61. The van der Waals surface area contributed by atoms with E-state index >= 15 is 0 Å². The molecule has 7 atom stereocenters. The summed E-state index contributed by atoms with van der Waals surface area (Å²) < 4.78 is 22.3. The zero-order valence-corrected chi connectivity index (χ0v) is 20.8. The van der Waals surface area contributed by atoms with Gasteiger partial charge in [-0.25, -0.2) is 19.2 Å². The Hall–Kier alpha value is -3.02. The van der Waals surface area contributed by atoms with Crippen molar-refractivity contribution in [1.29, 1.82) is 0 Å². The number of hydrogen-bond donors (Lipinski definition) is 3. The third kappa shape index (κ3) is 4.71. The number of aliphatic hydroxyl groups excluding tert-OH is 2. The number of carboxylic acids is 1. The second-order valence-electron chi connectivity index (χ2n) is 10.4. The molecule has 3 N–H and O–H groups in total. The van der Waals surface area contributed by atoms with Crippen LogP contribution >= 0.6 is 0 Å². The maximum absolute atomic E-state index is 12.8. The van der Waals surface area contributed by atoms with Crippen LogP contribution in [0.25, 0.3) is 0 Å². The summed E-state index contributed by atoms with van der Waals surface area (Å²) in [4.78, 5) is 49.1. The van der Waals surface area contributed by atoms with Crippen molar-refractivity contribution in [2.75, 3.05) is 19.8 Å². The summed E-state index contributed by atoms with van der Waals surface area (Å²) in [5, 5.41) is 31.5. The maximum Gasteiger partial charge on any atom is 0.335 e. The van der Waals surface area contributed by atoms with Crippen LogP contribution < -0.4 is 0 Å². The van der Waals surface area contributed by atoms with E-state index in [1.165, 1.54) is 25.2 Å². The van der Waals surface area contributed by atoms with Crippen LogP contribution in [0.3, 0.4) is 0 Å². The number of carbonyl (C=O) groups excluding carboxylic acids is 3. The lowest BCUT2D eigenvalue weighted by Gasteiger charge is -2.54. The molecule has 2 fully saturated rings. The molecule has 4 aliphatic rings. The molecule has 1 saturated carbocycles. The molecule has 0 aromatic heterocycles. The fraction of sp³-hybridized carbons (Fsp3) is 0.615. The third-order valence-electron chi connectivity index (χ3n) is 8.54. The van der Waals surface area contributed by atoms with Gasteiger partial charge in [0.15, 0.2) is 6.10 Å². The molecule has 2 aliphatic heterocycles. The molecular weight excluding hydrogens is 488 g/mol. The fourth-order valence-electron chi connectivity index (χ4n) is 6.00. The first-order valence-corrected chi connectivity index (χ1v) is 12.3. The monoisotopic (exact) mass is 520 g/mol. The van der Waals surface area contributed by atoms with Gasteiger partial charge in [0.25, 0.3) is 0 Å². The topological polar surface area (TPSA) is 169 Å². The average molecular weight is 521 g/mol. The van der Waals surface area contributed by atoms with Gasteiger partial charge >= 0.3 is 23.9 Å². The number of aliphatic hydroxyl groups is 2. The van der Waals surface area contributed by atoms with E-state index in [1.54, 1.807) is 0 Å². The minimum atomic E-state index is -1.62. The quantitative estimate of drug-likeness (QED) is 0.254. The molecule has 2 heterocycles. The summed E-state index contributed by atoms with van der Waals surface area (Å²) >= 11 is 0. The normalized spacial score (nSPS) is 42.6. The highest BCUT2D eigenvalue weighted by atomic mass is 16.6. The van der Waals surface area contributed by atoms with Crippen molar-refractivity contribution in [3.8, 4) is 0 Å². The molecule has 0 aromatic rings. The fourth-order valence-corrected chi connectivity index (χ4v) is 6.00. The number of carboxylic acid groups (broad SMARTS) is 1. The third-order valence-corrected chi connectivity index (χ3v) is 8.54. The molecule has 1 saturated heterocycles. The largest absolute Gasteiger partial charge is 0.478 e. The summed E-state index contributed by atoms with van der Waals surface area (Å²) in [6.45, 7) is 3.02. The zero-order chi connectivity index (χ0) is 27.0. The highest BCUT2D eigenvalue weighted by Gasteiger charge is 2.76. The highest BCUT2D eigenvalue weighted by molar-refractivity contribution is 5.87. The van der Waals surface area contributed by atoms with Crippen molar-refractivity contribution in [3.63, 3.8) is 0 Å². The molecule has 11 heteroatoms. The lowest BCUT2D eigenvalue weighted by Crippen LogP contribution is -2.62. The van der Waals surface area contributed by atoms with E-state index < -0.39 is 64.5 Å². The smallest absolute Gasteiger partial charge is 0.335 e. The van der Waals surface area contributed by atoms with E-state index in [2.05, 4.69) is 0 Å². The van der Waals surface area contributed by atoms with Crippen LogP contribution in [0.4, 0.5) is 0 Å². The molecule has 0 aromatic carbocycles. The summed E-state index contributed by atoms with van der Waals surface area (Å²) in [5.41, 5.74) is -3.09. The van der Waals surface area contributed by atoms with Crippen molar-refractivity contribution in [1.82, 2.24) is 0 Å². The number of ether oxygens (including phenoxy) is 4. The molecular formula is C26H32O11. The minimum Gasteiger partial charge on any atom is -0.478 e. The van der Waals surface area contributed by atoms with E-state index in [9.17, 15) is 34.5 Å². The molecule has 7 unspecified atom stereocenters. The summed E-state index contributed by atoms with van der Waals surface area (Å²) in [7, 11) is 0. The van der Waals surface area contributed by atoms with Gasteiger partial charge in [-0.05, 0) is 31.8 Å². The Balaban J connectivity index is 1.76. The Morgan fingerprint density at radius 1 is 1.03 bits per heavy atom. The van der Waals surface area contributed by atoms with Gasteiger partial charge in [0, 0.05) is 34.5 Å². The van der Waals surface area contributed by atoms with Crippen LogP contribution in [-0.4, -0.2) is 82.9 Å². The zero-order valence-electron chi connectivity index (χ0n) is 20.8. The standard InChI is InChI=1S/C26H32O11/c1-15-12-34-19(28)5-3-4-6-20(29)37-18-8-10-26(14-36-26)24(18,2)25(13-35-23(33)21(15)30)9-7-16(22(31)32)11-17(25)27/h3-6,11,15,17-18,21,27,30H,7-10,12-14H2,1-2H3,(H,31,32)/b5-3-,6-4-. The molecule has 2 spiro atoms. The Morgan fingerprint density at radius 3 is 2.32 bits per heavy atom. The SMILES string of the molecule is CC1COC(=O)/C=C\C=C/C(=O)OC2CCC3(CO3)C2(C)C2(CCC(C(=O)O)=CC2O)COC(=O)C1O. The predicted octanol–water partition coefficient (Wildman–Crippen LogP) is 0.829. The molecule has 2 aliphatic carbocycles. The highest BCUT2D eigenvalue weighted by Crippen LogP contribution is 2.68. The number of carbonyl (C=O) groups is 4. The van der Waals surface area contributed by atoms with Crippen molar-refractivity contribution in [3.05, 3.63) is 36.0 Å². The van der Waals surface area contributed by atoms with Crippen molar-refractivity contribution in [2.24, 2.45) is 16.7 Å². The van der Waals surface area contributed by atoms with Crippen LogP contribution in [0.2, 0.25) is 0 Å². The number of allylic oxidation sites excluding steroid dienone is 2. The molecule has 11 nitrogen and oxygen atoms in total. The van der Waals surface area contributed by atoms with Crippen LogP contribution in [0.1, 0.15) is 39.5 Å². The Labute approximate surface area is 213 Å². The van der Waals surface area contributed by atoms with E-state index in [1.807, 2.05) is 6.92 Å². The lowest BCUT2D eigenvalue weighted by molar-refractivity contribution is -0.195. The Kier molecular flexibility index (Phi) is 7.33. The Bertz CT molecular complexity index is 1050. The number of aliphatic carboxylic acids is 1. The van der Waals surface area contributed by atoms with Gasteiger partial charge in [-0.2, -0.15) is 0 Å². The van der Waals surface area contributed by atoms with Gasteiger partial charge in [-0.1, -0.05) is 26.0 Å². The van der Waals surface area contributed by atoms with Crippen LogP contribution in [0.5, 0.6) is 0 Å². The number of hydrogen-bond acceptors (Lipinski definition) is 10. The summed E-state index contributed by atoms with van der Waals surface area (Å²) in [5.74, 6) is -4.34. The van der Waals surface area contributed by atoms with Gasteiger partial charge < -0.3 is 34.3 Å². The molecule has 4 rings (SSSR count). The number of cyclic esters (lactones) is 2. The van der Waals surface area contributed by atoms with Crippen LogP contribution in [0, 0.1) is 16.7 Å². The molecule has 0 bridgehead atoms. The van der Waals surface area contributed by atoms with E-state index in [-0.39, 0.29) is 31.6 Å². The predicted molar refractivity (Wildman–Crippen MR) is 125 cm³/mol. The van der Waals surface area contributed by atoms with Gasteiger partial charge in [-0.3, -0.25) is 0 Å². The number of fused-ring (bicyclic) bond motifs is 3. The van der Waals surface area contributed by atoms with Gasteiger partial charge in [0.05, 0.1) is 19.3 Å². The van der Waals surface area contributed by atoms with Crippen molar-refractivity contribution >= 4 is 23.9 Å². The Morgan fingerprint density at radius 2 is 1.70 bits per heavy atom. The van der Waals surface area contributed by atoms with Crippen molar-refractivity contribution in [2.45, 2.75) is 63.4 Å². The second kappa shape index (κ2) is 10.0. The molecule has 37 heavy (non-hydrogen) atoms. The van der Waals surface area contributed by atoms with E-state index in [0.717, 1.165) is 12.2 Å². The molecule has 0 radical (unpaired) electrons. The number of esters is 3. The van der Waals surface area contributed by atoms with E-state index in [4.69, 9.17) is 18.9 Å². The van der Waals surface area contributed by atoms with Crippen molar-refractivity contribution < 1.29 is 53.4 Å². The first-order chi connectivity index (χ1) is 17.5. The van der Waals surface area contributed by atoms with E-state index in [0.29, 0.717) is 19.4 Å². The lowest BCUT2D eigenvalue weighted by atomic mass is 9.52. The molecule has 0 amide bonds. The van der Waals surface area contributed by atoms with Gasteiger partial charge in [-0.15, -0.1) is 0 Å². The maximum atomic E-state index is 12.8. The van der Waals surface area contributed by atoms with Crippen LogP contribution in [0.15, 0.2) is 36.0 Å². The first-order valence-electron chi connectivity index (χ1n) is 12.3. The van der Waals surface area contributed by atoms with Crippen LogP contribution in [-0.2, 0) is 38.1 Å². The summed E-state index contributed by atoms with van der Waals surface area (Å²) in [6, 6.07) is 0. The number of rotatable bonds is 1. The van der Waals surface area contributed by atoms with Gasteiger partial charge in [0.2, 0.25) is 0 Å². The molecule has 202 valence electrons. The summed E-state index contributed by atoms with van der Waals surface area (Å²) in [6.07, 6.45) is 3.49. The minimum absolute atomic E-state index is 0.0268.